The molecule has 0 amide bonds. The first-order chi connectivity index (χ1) is 19.0. The maximum Gasteiger partial charge on any atom is 0.309 e. The Hall–Kier alpha value is -1.36. The summed E-state index contributed by atoms with van der Waals surface area (Å²) < 4.78 is 5.49. The maximum absolute atomic E-state index is 12.5. The molecule has 0 radical (unpaired) electrons. The van der Waals surface area contributed by atoms with Gasteiger partial charge in [-0.2, -0.15) is 0 Å². The number of carbonyl (C=O) groups is 2. The zero-order valence-corrected chi connectivity index (χ0v) is 26.2. The van der Waals surface area contributed by atoms with Gasteiger partial charge in [0.05, 0.1) is 18.9 Å². The fraction of sp³-hybridized carbons (Fsp3) is 0.882. The third kappa shape index (κ3) is 26.6. The molecule has 0 aromatic rings. The molecule has 0 rings (SSSR count). The van der Waals surface area contributed by atoms with Crippen LogP contribution in [-0.2, 0) is 14.3 Å². The van der Waals surface area contributed by atoms with Crippen molar-refractivity contribution in [2.45, 2.75) is 162 Å². The first-order valence-electron chi connectivity index (χ1n) is 16.8. The third-order valence-corrected chi connectivity index (χ3v) is 7.59. The van der Waals surface area contributed by atoms with Gasteiger partial charge in [-0.1, -0.05) is 110 Å². The van der Waals surface area contributed by atoms with Gasteiger partial charge in [-0.3, -0.25) is 9.59 Å². The minimum Gasteiger partial charge on any atom is -0.481 e. The summed E-state index contributed by atoms with van der Waals surface area (Å²) in [4.78, 5) is 26.4. The van der Waals surface area contributed by atoms with Crippen molar-refractivity contribution in [3.05, 3.63) is 12.2 Å². The summed E-state index contributed by atoms with van der Waals surface area (Å²) >= 11 is 0. The van der Waals surface area contributed by atoms with Crippen LogP contribution in [0.15, 0.2) is 12.2 Å². The second-order valence-corrected chi connectivity index (χ2v) is 11.4. The Morgan fingerprint density at radius 2 is 1.13 bits per heavy atom. The van der Waals surface area contributed by atoms with Crippen molar-refractivity contribution >= 4 is 11.9 Å². The van der Waals surface area contributed by atoms with Gasteiger partial charge in [0.1, 0.15) is 0 Å². The molecule has 5 heteroatoms. The third-order valence-electron chi connectivity index (χ3n) is 7.59. The Bertz CT molecular complexity index is 570. The Morgan fingerprint density at radius 3 is 1.67 bits per heavy atom. The molecule has 0 saturated heterocycles. The number of rotatable bonds is 30. The van der Waals surface area contributed by atoms with Crippen LogP contribution in [0.25, 0.3) is 0 Å². The molecule has 0 spiro atoms. The van der Waals surface area contributed by atoms with E-state index in [-0.39, 0.29) is 12.4 Å². The number of nitrogens with zero attached hydrogens (tertiary/aromatic N) is 1. The molecular formula is C34H65NO4. The van der Waals surface area contributed by atoms with Crippen LogP contribution in [0.5, 0.6) is 0 Å². The highest BCUT2D eigenvalue weighted by Gasteiger charge is 2.23. The Labute approximate surface area is 242 Å². The fourth-order valence-corrected chi connectivity index (χ4v) is 4.98. The predicted octanol–water partition coefficient (Wildman–Crippen LogP) is 9.73. The van der Waals surface area contributed by atoms with Gasteiger partial charge < -0.3 is 14.7 Å². The van der Waals surface area contributed by atoms with Crippen molar-refractivity contribution in [2.24, 2.45) is 5.92 Å². The number of allylic oxidation sites excluding steroid dienone is 2. The lowest BCUT2D eigenvalue weighted by atomic mass is 9.98. The van der Waals surface area contributed by atoms with E-state index in [9.17, 15) is 14.7 Å². The van der Waals surface area contributed by atoms with E-state index in [0.29, 0.717) is 13.0 Å². The molecule has 0 aromatic carbocycles. The quantitative estimate of drug-likeness (QED) is 0.0546. The number of hydrogen-bond acceptors (Lipinski definition) is 4. The number of aliphatic carboxylic acids is 1. The number of carboxylic acids is 1. The topological polar surface area (TPSA) is 66.8 Å². The first-order valence-corrected chi connectivity index (χ1v) is 16.8. The Morgan fingerprint density at radius 1 is 0.641 bits per heavy atom. The van der Waals surface area contributed by atoms with Crippen LogP contribution in [-0.4, -0.2) is 48.2 Å². The highest BCUT2D eigenvalue weighted by Crippen LogP contribution is 2.17. The monoisotopic (exact) mass is 551 g/mol. The van der Waals surface area contributed by atoms with E-state index in [1.165, 1.54) is 103 Å². The largest absolute Gasteiger partial charge is 0.481 e. The molecule has 0 saturated carbocycles. The Balaban J connectivity index is 3.88. The van der Waals surface area contributed by atoms with Crippen molar-refractivity contribution in [3.8, 4) is 0 Å². The van der Waals surface area contributed by atoms with Crippen LogP contribution >= 0.6 is 0 Å². The van der Waals surface area contributed by atoms with Gasteiger partial charge in [0.15, 0.2) is 0 Å². The van der Waals surface area contributed by atoms with E-state index in [1.807, 2.05) is 0 Å². The van der Waals surface area contributed by atoms with E-state index < -0.39 is 11.9 Å². The van der Waals surface area contributed by atoms with E-state index in [1.54, 1.807) is 0 Å². The number of carboxylic acid groups (broad SMARTS) is 1. The minimum absolute atomic E-state index is 0.123. The Kier molecular flexibility index (Phi) is 28.6. The molecule has 0 aromatic heterocycles. The smallest absolute Gasteiger partial charge is 0.309 e. The second kappa shape index (κ2) is 29.6. The van der Waals surface area contributed by atoms with Gasteiger partial charge in [-0.15, -0.1) is 0 Å². The molecule has 0 heterocycles. The van der Waals surface area contributed by atoms with Crippen LogP contribution in [0.4, 0.5) is 0 Å². The maximum atomic E-state index is 12.5. The van der Waals surface area contributed by atoms with Crippen LogP contribution in [0, 0.1) is 5.92 Å². The van der Waals surface area contributed by atoms with Crippen molar-refractivity contribution in [1.82, 2.24) is 4.90 Å². The standard InChI is InChI=1S/C34H65NO4/c1-4-7-10-11-12-13-14-15-16-17-18-19-20-21-22-25-30-39-34(38)32(31-33(36)37)26-23-24-29-35(27-8-5-2)28-9-6-3/h15-16,32H,4-14,17-31H2,1-3H3,(H,36,37)/b16-15-. The summed E-state index contributed by atoms with van der Waals surface area (Å²) in [6, 6.07) is 0. The molecule has 0 aliphatic rings. The summed E-state index contributed by atoms with van der Waals surface area (Å²) in [5.41, 5.74) is 0. The van der Waals surface area contributed by atoms with Crippen molar-refractivity contribution in [3.63, 3.8) is 0 Å². The lowest BCUT2D eigenvalue weighted by Gasteiger charge is -2.22. The van der Waals surface area contributed by atoms with Crippen molar-refractivity contribution in [2.75, 3.05) is 26.2 Å². The fourth-order valence-electron chi connectivity index (χ4n) is 4.98. The molecule has 1 unspecified atom stereocenters. The van der Waals surface area contributed by atoms with Crippen LogP contribution in [0.2, 0.25) is 0 Å². The lowest BCUT2D eigenvalue weighted by molar-refractivity contribution is -0.153. The SMILES string of the molecule is CCCCCCCC/C=C\CCCCCCCCOC(=O)C(CCCCN(CCCC)CCCC)CC(=O)O. The molecule has 1 N–H and O–H groups in total. The number of hydrogen-bond donors (Lipinski definition) is 1. The van der Waals surface area contributed by atoms with Gasteiger partial charge >= 0.3 is 11.9 Å². The number of ether oxygens (including phenoxy) is 1. The van der Waals surface area contributed by atoms with Gasteiger partial charge in [-0.05, 0) is 77.4 Å². The number of unbranched alkanes of at least 4 members (excludes halogenated alkanes) is 15. The summed E-state index contributed by atoms with van der Waals surface area (Å²) in [7, 11) is 0. The molecule has 0 fully saturated rings. The second-order valence-electron chi connectivity index (χ2n) is 11.4. The molecule has 0 aliphatic carbocycles. The number of carbonyl (C=O) groups excluding carboxylic acids is 1. The van der Waals surface area contributed by atoms with Crippen LogP contribution < -0.4 is 0 Å². The average Bonchev–Trinajstić information content (AvgIpc) is 2.92. The highest BCUT2D eigenvalue weighted by molar-refractivity contribution is 5.79. The van der Waals surface area contributed by atoms with Gasteiger partial charge in [0.25, 0.3) is 0 Å². The van der Waals surface area contributed by atoms with Crippen LogP contribution in [0.3, 0.4) is 0 Å². The summed E-state index contributed by atoms with van der Waals surface area (Å²) in [5, 5.41) is 9.27. The summed E-state index contributed by atoms with van der Waals surface area (Å²) in [6.07, 6.45) is 29.4. The van der Waals surface area contributed by atoms with Crippen LogP contribution in [0.1, 0.15) is 162 Å². The normalized spacial score (nSPS) is 12.4. The zero-order valence-electron chi connectivity index (χ0n) is 26.2. The van der Waals surface area contributed by atoms with Gasteiger partial charge in [0, 0.05) is 0 Å². The average molecular weight is 552 g/mol. The first kappa shape index (κ1) is 37.6. The lowest BCUT2D eigenvalue weighted by Crippen LogP contribution is -2.27. The van der Waals surface area contributed by atoms with Crippen molar-refractivity contribution < 1.29 is 19.4 Å². The molecule has 230 valence electrons. The van der Waals surface area contributed by atoms with E-state index in [4.69, 9.17) is 4.74 Å². The van der Waals surface area contributed by atoms with E-state index in [0.717, 1.165) is 45.3 Å². The summed E-state index contributed by atoms with van der Waals surface area (Å²) in [5.74, 6) is -1.75. The van der Waals surface area contributed by atoms with Crippen molar-refractivity contribution in [1.29, 1.82) is 0 Å². The van der Waals surface area contributed by atoms with Gasteiger partial charge in [0.2, 0.25) is 0 Å². The zero-order chi connectivity index (χ0) is 28.8. The van der Waals surface area contributed by atoms with E-state index >= 15 is 0 Å². The molecule has 5 nitrogen and oxygen atoms in total. The highest BCUT2D eigenvalue weighted by atomic mass is 16.5. The summed E-state index contributed by atoms with van der Waals surface area (Å²) in [6.45, 7) is 10.4. The predicted molar refractivity (Wildman–Crippen MR) is 166 cm³/mol. The van der Waals surface area contributed by atoms with Gasteiger partial charge in [-0.25, -0.2) is 0 Å². The molecular weight excluding hydrogens is 486 g/mol. The minimum atomic E-state index is -0.915. The number of esters is 1. The van der Waals surface area contributed by atoms with E-state index in [2.05, 4.69) is 37.8 Å². The molecule has 1 atom stereocenters. The molecule has 0 bridgehead atoms. The molecule has 0 aliphatic heterocycles. The molecule has 39 heavy (non-hydrogen) atoms.